The van der Waals surface area contributed by atoms with Crippen molar-refractivity contribution in [2.75, 3.05) is 0 Å². The molecule has 0 amide bonds. The molecular weight excluding hydrogens is 184 g/mol. The van der Waals surface area contributed by atoms with E-state index in [1.54, 1.807) is 12.1 Å². The first-order valence-electron chi connectivity index (χ1n) is 5.37. The molecule has 1 nitrogen and oxygen atoms in total. The Hall–Kier alpha value is -1.50. The van der Waals surface area contributed by atoms with E-state index >= 15 is 0 Å². The molecule has 0 saturated carbocycles. The summed E-state index contributed by atoms with van der Waals surface area (Å²) in [5, 5.41) is 11.6. The molecule has 78 valence electrons. The summed E-state index contributed by atoms with van der Waals surface area (Å²) in [5.74, 6) is 1.01. The Bertz CT molecular complexity index is 472. The molecule has 0 bridgehead atoms. The van der Waals surface area contributed by atoms with Crippen LogP contribution in [-0.2, 0) is 6.42 Å². The Balaban J connectivity index is 2.43. The number of phenols is 1. The number of hydrogen-bond donors (Lipinski definition) is 1. The summed E-state index contributed by atoms with van der Waals surface area (Å²) in [7, 11) is 0. The number of phenolic OH excluding ortho intramolecular Hbond substituents is 1. The van der Waals surface area contributed by atoms with Crippen molar-refractivity contribution in [3.63, 3.8) is 0 Å². The normalized spacial score (nSPS) is 11.1. The molecule has 0 aliphatic carbocycles. The molecule has 0 aromatic heterocycles. The number of fused-ring (bicyclic) bond motifs is 1. The van der Waals surface area contributed by atoms with Gasteiger partial charge in [-0.25, -0.2) is 0 Å². The first-order valence-corrected chi connectivity index (χ1v) is 5.37. The highest BCUT2D eigenvalue weighted by Gasteiger charge is 2.00. The standard InChI is InChI=1S/C14H16O/c1-10(2)7-11-3-4-13-9-14(15)6-5-12(13)8-11/h3-6,8-10,15H,7H2,1-2H3. The summed E-state index contributed by atoms with van der Waals surface area (Å²) in [6.45, 7) is 4.45. The van der Waals surface area contributed by atoms with Crippen molar-refractivity contribution in [1.82, 2.24) is 0 Å². The molecule has 0 heterocycles. The molecule has 0 atom stereocenters. The van der Waals surface area contributed by atoms with Crippen molar-refractivity contribution in [2.24, 2.45) is 5.92 Å². The predicted octanol–water partition coefficient (Wildman–Crippen LogP) is 3.74. The zero-order valence-electron chi connectivity index (χ0n) is 9.20. The Morgan fingerprint density at radius 1 is 1.00 bits per heavy atom. The first-order chi connectivity index (χ1) is 7.15. The molecular formula is C14H16O. The molecule has 1 heteroatoms. The fourth-order valence-electron chi connectivity index (χ4n) is 1.88. The van der Waals surface area contributed by atoms with E-state index in [1.807, 2.05) is 6.07 Å². The van der Waals surface area contributed by atoms with Gasteiger partial charge in [0.25, 0.3) is 0 Å². The lowest BCUT2D eigenvalue weighted by molar-refractivity contribution is 0.476. The zero-order chi connectivity index (χ0) is 10.8. The fraction of sp³-hybridized carbons (Fsp3) is 0.286. The van der Waals surface area contributed by atoms with Gasteiger partial charge in [0.15, 0.2) is 0 Å². The second-order valence-corrected chi connectivity index (χ2v) is 4.46. The van der Waals surface area contributed by atoms with Crippen LogP contribution in [0.4, 0.5) is 0 Å². The highest BCUT2D eigenvalue weighted by atomic mass is 16.3. The van der Waals surface area contributed by atoms with Gasteiger partial charge in [0.1, 0.15) is 5.75 Å². The van der Waals surface area contributed by atoms with Crippen LogP contribution in [-0.4, -0.2) is 5.11 Å². The van der Waals surface area contributed by atoms with Gasteiger partial charge in [0.05, 0.1) is 0 Å². The van der Waals surface area contributed by atoms with E-state index < -0.39 is 0 Å². The Morgan fingerprint density at radius 2 is 1.67 bits per heavy atom. The minimum atomic E-state index is 0.333. The molecule has 2 aromatic carbocycles. The van der Waals surface area contributed by atoms with Crippen LogP contribution >= 0.6 is 0 Å². The van der Waals surface area contributed by atoms with Crippen molar-refractivity contribution in [1.29, 1.82) is 0 Å². The van der Waals surface area contributed by atoms with Crippen LogP contribution in [0.5, 0.6) is 5.75 Å². The van der Waals surface area contributed by atoms with E-state index in [-0.39, 0.29) is 0 Å². The summed E-state index contributed by atoms with van der Waals surface area (Å²) in [5.41, 5.74) is 1.36. The molecule has 0 aliphatic rings. The minimum Gasteiger partial charge on any atom is -0.508 e. The highest BCUT2D eigenvalue weighted by molar-refractivity contribution is 5.84. The second-order valence-electron chi connectivity index (χ2n) is 4.46. The van der Waals surface area contributed by atoms with Crippen LogP contribution in [0.1, 0.15) is 19.4 Å². The molecule has 2 rings (SSSR count). The second kappa shape index (κ2) is 3.93. The predicted molar refractivity (Wildman–Crippen MR) is 64.2 cm³/mol. The van der Waals surface area contributed by atoms with Gasteiger partial charge >= 0.3 is 0 Å². The third-order valence-electron chi connectivity index (χ3n) is 2.53. The highest BCUT2D eigenvalue weighted by Crippen LogP contribution is 2.22. The van der Waals surface area contributed by atoms with Crippen molar-refractivity contribution < 1.29 is 5.11 Å². The van der Waals surface area contributed by atoms with E-state index in [4.69, 9.17) is 0 Å². The summed E-state index contributed by atoms with van der Waals surface area (Å²) < 4.78 is 0. The summed E-state index contributed by atoms with van der Waals surface area (Å²) in [4.78, 5) is 0. The van der Waals surface area contributed by atoms with E-state index in [1.165, 1.54) is 10.9 Å². The van der Waals surface area contributed by atoms with Crippen LogP contribution in [0.15, 0.2) is 36.4 Å². The summed E-state index contributed by atoms with van der Waals surface area (Å²) in [6.07, 6.45) is 1.11. The van der Waals surface area contributed by atoms with Crippen molar-refractivity contribution in [3.8, 4) is 5.75 Å². The Labute approximate surface area is 90.4 Å². The Kier molecular flexibility index (Phi) is 2.63. The average molecular weight is 200 g/mol. The third kappa shape index (κ3) is 2.30. The van der Waals surface area contributed by atoms with Crippen molar-refractivity contribution >= 4 is 10.8 Å². The maximum Gasteiger partial charge on any atom is 0.116 e. The Morgan fingerprint density at radius 3 is 2.40 bits per heavy atom. The van der Waals surface area contributed by atoms with Crippen LogP contribution in [0.3, 0.4) is 0 Å². The monoisotopic (exact) mass is 200 g/mol. The average Bonchev–Trinajstić information content (AvgIpc) is 2.17. The smallest absolute Gasteiger partial charge is 0.116 e. The summed E-state index contributed by atoms with van der Waals surface area (Å²) in [6, 6.07) is 11.9. The molecule has 0 spiro atoms. The largest absolute Gasteiger partial charge is 0.508 e. The van der Waals surface area contributed by atoms with Gasteiger partial charge in [0.2, 0.25) is 0 Å². The molecule has 0 unspecified atom stereocenters. The van der Waals surface area contributed by atoms with Crippen LogP contribution < -0.4 is 0 Å². The molecule has 0 saturated heterocycles. The minimum absolute atomic E-state index is 0.333. The van der Waals surface area contributed by atoms with Gasteiger partial charge in [-0.05, 0) is 40.8 Å². The lowest BCUT2D eigenvalue weighted by atomic mass is 10.00. The molecule has 0 fully saturated rings. The molecule has 0 aliphatic heterocycles. The third-order valence-corrected chi connectivity index (χ3v) is 2.53. The number of aromatic hydroxyl groups is 1. The lowest BCUT2D eigenvalue weighted by Gasteiger charge is -2.06. The SMILES string of the molecule is CC(C)Cc1ccc2cc(O)ccc2c1. The van der Waals surface area contributed by atoms with Gasteiger partial charge in [-0.1, -0.05) is 38.1 Å². The number of rotatable bonds is 2. The topological polar surface area (TPSA) is 20.2 Å². The van der Waals surface area contributed by atoms with Crippen molar-refractivity contribution in [3.05, 3.63) is 42.0 Å². The van der Waals surface area contributed by atoms with Gasteiger partial charge < -0.3 is 5.11 Å². The number of hydrogen-bond acceptors (Lipinski definition) is 1. The molecule has 1 N–H and O–H groups in total. The quantitative estimate of drug-likeness (QED) is 0.782. The molecule has 2 aromatic rings. The molecule has 0 radical (unpaired) electrons. The first kappa shape index (κ1) is 10.0. The van der Waals surface area contributed by atoms with Crippen LogP contribution in [0, 0.1) is 5.92 Å². The summed E-state index contributed by atoms with van der Waals surface area (Å²) >= 11 is 0. The van der Waals surface area contributed by atoms with Crippen LogP contribution in [0.2, 0.25) is 0 Å². The fourth-order valence-corrected chi connectivity index (χ4v) is 1.88. The van der Waals surface area contributed by atoms with E-state index in [0.717, 1.165) is 11.8 Å². The van der Waals surface area contributed by atoms with E-state index in [9.17, 15) is 5.11 Å². The lowest BCUT2D eigenvalue weighted by Crippen LogP contribution is -1.93. The molecule has 15 heavy (non-hydrogen) atoms. The van der Waals surface area contributed by atoms with E-state index in [2.05, 4.69) is 32.0 Å². The van der Waals surface area contributed by atoms with Gasteiger partial charge in [-0.3, -0.25) is 0 Å². The van der Waals surface area contributed by atoms with E-state index in [0.29, 0.717) is 11.7 Å². The zero-order valence-corrected chi connectivity index (χ0v) is 9.20. The number of benzene rings is 2. The van der Waals surface area contributed by atoms with Gasteiger partial charge in [-0.2, -0.15) is 0 Å². The van der Waals surface area contributed by atoms with Gasteiger partial charge in [0, 0.05) is 0 Å². The maximum atomic E-state index is 9.34. The van der Waals surface area contributed by atoms with Crippen molar-refractivity contribution in [2.45, 2.75) is 20.3 Å². The van der Waals surface area contributed by atoms with Crippen LogP contribution in [0.25, 0.3) is 10.8 Å². The maximum absolute atomic E-state index is 9.34. The van der Waals surface area contributed by atoms with Gasteiger partial charge in [-0.15, -0.1) is 0 Å².